The Bertz CT molecular complexity index is 670. The third-order valence-corrected chi connectivity index (χ3v) is 4.90. The van der Waals surface area contributed by atoms with Gasteiger partial charge in [-0.1, -0.05) is 36.4 Å². The summed E-state index contributed by atoms with van der Waals surface area (Å²) in [4.78, 5) is 21.4. The highest BCUT2D eigenvalue weighted by Crippen LogP contribution is 2.23. The molecule has 0 aliphatic carbocycles. The van der Waals surface area contributed by atoms with Crippen molar-refractivity contribution in [3.05, 3.63) is 66.0 Å². The number of amides is 1. The van der Waals surface area contributed by atoms with Crippen molar-refractivity contribution in [2.24, 2.45) is 0 Å². The van der Waals surface area contributed by atoms with Crippen LogP contribution < -0.4 is 0 Å². The van der Waals surface area contributed by atoms with E-state index in [1.165, 1.54) is 5.56 Å². The predicted octanol–water partition coefficient (Wildman–Crippen LogP) is 2.67. The quantitative estimate of drug-likeness (QED) is 0.840. The van der Waals surface area contributed by atoms with Crippen LogP contribution >= 0.6 is 0 Å². The maximum absolute atomic E-state index is 12.8. The Balaban J connectivity index is 1.61. The summed E-state index contributed by atoms with van der Waals surface area (Å²) in [7, 11) is 1.59. The fraction of sp³-hybridized carbons (Fsp3) is 0.400. The molecule has 1 aliphatic heterocycles. The van der Waals surface area contributed by atoms with Gasteiger partial charge in [0.05, 0.1) is 0 Å². The van der Waals surface area contributed by atoms with E-state index in [0.29, 0.717) is 6.04 Å². The normalized spacial score (nSPS) is 17.9. The minimum Gasteiger partial charge on any atom is -0.367 e. The molecule has 1 fully saturated rings. The molecule has 25 heavy (non-hydrogen) atoms. The number of benzene rings is 1. The van der Waals surface area contributed by atoms with Gasteiger partial charge in [-0.3, -0.25) is 14.7 Å². The number of hydrogen-bond donors (Lipinski definition) is 0. The van der Waals surface area contributed by atoms with Crippen molar-refractivity contribution >= 4 is 5.91 Å². The number of nitrogens with zero attached hydrogens (tertiary/aromatic N) is 3. The number of methoxy groups -OCH3 is 1. The molecule has 1 aromatic heterocycles. The van der Waals surface area contributed by atoms with Gasteiger partial charge in [-0.25, -0.2) is 0 Å². The van der Waals surface area contributed by atoms with E-state index in [1.807, 2.05) is 47.5 Å². The number of hydrogen-bond acceptors (Lipinski definition) is 4. The van der Waals surface area contributed by atoms with Crippen LogP contribution in [0.4, 0.5) is 0 Å². The van der Waals surface area contributed by atoms with Gasteiger partial charge in [0.1, 0.15) is 0 Å². The fourth-order valence-electron chi connectivity index (χ4n) is 3.34. The summed E-state index contributed by atoms with van der Waals surface area (Å²) in [5, 5.41) is 0. The molecule has 0 bridgehead atoms. The highest BCUT2D eigenvalue weighted by molar-refractivity contribution is 5.82. The van der Waals surface area contributed by atoms with Crippen LogP contribution in [0, 0.1) is 0 Å². The van der Waals surface area contributed by atoms with Gasteiger partial charge in [-0.2, -0.15) is 0 Å². The molecule has 0 spiro atoms. The summed E-state index contributed by atoms with van der Waals surface area (Å²) >= 11 is 0. The lowest BCUT2D eigenvalue weighted by atomic mass is 10.1. The van der Waals surface area contributed by atoms with Crippen molar-refractivity contribution in [3.63, 3.8) is 0 Å². The van der Waals surface area contributed by atoms with Gasteiger partial charge < -0.3 is 9.64 Å². The van der Waals surface area contributed by atoms with Crippen LogP contribution in [-0.2, 0) is 9.53 Å². The number of piperazine rings is 1. The molecule has 2 atom stereocenters. The third-order valence-electron chi connectivity index (χ3n) is 4.90. The molecule has 3 rings (SSSR count). The average Bonchev–Trinajstić information content (AvgIpc) is 2.69. The van der Waals surface area contributed by atoms with E-state index < -0.39 is 6.10 Å². The van der Waals surface area contributed by atoms with Gasteiger partial charge in [-0.15, -0.1) is 0 Å². The lowest BCUT2D eigenvalue weighted by molar-refractivity contribution is -0.144. The third kappa shape index (κ3) is 4.06. The van der Waals surface area contributed by atoms with Gasteiger partial charge >= 0.3 is 0 Å². The Morgan fingerprint density at radius 2 is 1.72 bits per heavy atom. The van der Waals surface area contributed by atoms with E-state index in [1.54, 1.807) is 13.3 Å². The van der Waals surface area contributed by atoms with Crippen LogP contribution in [0.15, 0.2) is 54.9 Å². The topological polar surface area (TPSA) is 45.7 Å². The number of carbonyl (C=O) groups is 1. The van der Waals surface area contributed by atoms with E-state index in [-0.39, 0.29) is 5.91 Å². The summed E-state index contributed by atoms with van der Waals surface area (Å²) in [6.45, 7) is 5.34. The van der Waals surface area contributed by atoms with Crippen LogP contribution in [0.5, 0.6) is 0 Å². The first-order valence-corrected chi connectivity index (χ1v) is 8.71. The molecule has 2 aromatic rings. The summed E-state index contributed by atoms with van der Waals surface area (Å²) in [5.74, 6) is 0.0439. The highest BCUT2D eigenvalue weighted by atomic mass is 16.5. The number of ether oxygens (including phenoxy) is 1. The van der Waals surface area contributed by atoms with Crippen molar-refractivity contribution in [1.82, 2.24) is 14.8 Å². The van der Waals surface area contributed by atoms with Crippen LogP contribution in [0.1, 0.15) is 30.2 Å². The Morgan fingerprint density at radius 3 is 2.32 bits per heavy atom. The molecular formula is C20H25N3O2. The average molecular weight is 339 g/mol. The number of aromatic nitrogens is 1. The zero-order valence-corrected chi connectivity index (χ0v) is 14.8. The molecule has 1 aliphatic rings. The highest BCUT2D eigenvalue weighted by Gasteiger charge is 2.30. The van der Waals surface area contributed by atoms with Crippen LogP contribution in [0.2, 0.25) is 0 Å². The van der Waals surface area contributed by atoms with E-state index >= 15 is 0 Å². The van der Waals surface area contributed by atoms with E-state index in [2.05, 4.69) is 22.9 Å². The van der Waals surface area contributed by atoms with Crippen LogP contribution in [0.25, 0.3) is 0 Å². The molecule has 5 heteroatoms. The second-order valence-corrected chi connectivity index (χ2v) is 6.35. The second-order valence-electron chi connectivity index (χ2n) is 6.35. The van der Waals surface area contributed by atoms with E-state index in [4.69, 9.17) is 4.74 Å². The fourth-order valence-corrected chi connectivity index (χ4v) is 3.34. The summed E-state index contributed by atoms with van der Waals surface area (Å²) < 4.78 is 5.48. The van der Waals surface area contributed by atoms with E-state index in [9.17, 15) is 4.79 Å². The molecular weight excluding hydrogens is 314 g/mol. The molecule has 1 aromatic carbocycles. The lowest BCUT2D eigenvalue weighted by Crippen LogP contribution is -2.50. The monoisotopic (exact) mass is 339 g/mol. The maximum atomic E-state index is 12.8. The van der Waals surface area contributed by atoms with Gasteiger partial charge in [0, 0.05) is 51.7 Å². The molecule has 0 N–H and O–H groups in total. The van der Waals surface area contributed by atoms with Gasteiger partial charge in [0.15, 0.2) is 6.10 Å². The SMILES string of the molecule is COC(C(=O)N1CCN(C(C)c2cccnc2)CC1)c1ccccc1. The smallest absolute Gasteiger partial charge is 0.256 e. The molecule has 0 saturated carbocycles. The first-order valence-electron chi connectivity index (χ1n) is 8.71. The largest absolute Gasteiger partial charge is 0.367 e. The van der Waals surface area contributed by atoms with Crippen molar-refractivity contribution in [1.29, 1.82) is 0 Å². The Morgan fingerprint density at radius 1 is 1.04 bits per heavy atom. The summed E-state index contributed by atoms with van der Waals surface area (Å²) in [6.07, 6.45) is 3.18. The van der Waals surface area contributed by atoms with Gasteiger partial charge in [-0.05, 0) is 24.1 Å². The molecule has 0 radical (unpaired) electrons. The molecule has 132 valence electrons. The maximum Gasteiger partial charge on any atom is 0.256 e. The standard InChI is InChI=1S/C20H25N3O2/c1-16(18-9-6-10-21-15-18)22-11-13-23(14-12-22)20(24)19(25-2)17-7-4-3-5-8-17/h3-10,15-16,19H,11-14H2,1-2H3. The first kappa shape index (κ1) is 17.6. The zero-order valence-electron chi connectivity index (χ0n) is 14.8. The molecule has 5 nitrogen and oxygen atoms in total. The van der Waals surface area contributed by atoms with Gasteiger partial charge in [0.2, 0.25) is 0 Å². The predicted molar refractivity (Wildman–Crippen MR) is 97.0 cm³/mol. The molecule has 2 unspecified atom stereocenters. The zero-order chi connectivity index (χ0) is 17.6. The van der Waals surface area contributed by atoms with Gasteiger partial charge in [0.25, 0.3) is 5.91 Å². The van der Waals surface area contributed by atoms with E-state index in [0.717, 1.165) is 31.7 Å². The lowest BCUT2D eigenvalue weighted by Gasteiger charge is -2.39. The number of rotatable bonds is 5. The Labute approximate surface area is 149 Å². The van der Waals surface area contributed by atoms with Crippen molar-refractivity contribution in [2.45, 2.75) is 19.1 Å². The first-order chi connectivity index (χ1) is 12.2. The summed E-state index contributed by atoms with van der Waals surface area (Å²) in [6, 6.07) is 14.1. The number of pyridine rings is 1. The molecule has 1 saturated heterocycles. The molecule has 2 heterocycles. The Kier molecular flexibility index (Phi) is 5.79. The van der Waals surface area contributed by atoms with Crippen molar-refractivity contribution in [3.8, 4) is 0 Å². The minimum atomic E-state index is -0.525. The molecule has 1 amide bonds. The van der Waals surface area contributed by atoms with Crippen LogP contribution in [0.3, 0.4) is 0 Å². The number of carbonyl (C=O) groups excluding carboxylic acids is 1. The second kappa shape index (κ2) is 8.23. The van der Waals surface area contributed by atoms with Crippen LogP contribution in [-0.4, -0.2) is 54.0 Å². The Hall–Kier alpha value is -2.24. The summed E-state index contributed by atoms with van der Waals surface area (Å²) in [5.41, 5.74) is 2.11. The van der Waals surface area contributed by atoms with Crippen molar-refractivity contribution < 1.29 is 9.53 Å². The minimum absolute atomic E-state index is 0.0439. The van der Waals surface area contributed by atoms with Crippen molar-refractivity contribution in [2.75, 3.05) is 33.3 Å².